The minimum absolute atomic E-state index is 0.237. The maximum Gasteiger partial charge on any atom is 0.329 e. The van der Waals surface area contributed by atoms with Gasteiger partial charge < -0.3 is 19.7 Å². The number of amides is 1. The third-order valence-electron chi connectivity index (χ3n) is 1.84. The van der Waals surface area contributed by atoms with Crippen LogP contribution in [0.25, 0.3) is 0 Å². The van der Waals surface area contributed by atoms with E-state index < -0.39 is 12.6 Å². The summed E-state index contributed by atoms with van der Waals surface area (Å²) in [5, 5.41) is 10.9. The third-order valence-corrected chi connectivity index (χ3v) is 1.84. The molecule has 0 bridgehead atoms. The number of carbonyl (C=O) groups excluding carboxylic acids is 1. The summed E-state index contributed by atoms with van der Waals surface area (Å²) in [5.41, 5.74) is 0.981. The summed E-state index contributed by atoms with van der Waals surface area (Å²) in [4.78, 5) is 21.3. The summed E-state index contributed by atoms with van der Waals surface area (Å²) in [5.74, 6) is -1.42. The van der Waals surface area contributed by atoms with E-state index in [1.54, 1.807) is 0 Å². The van der Waals surface area contributed by atoms with Crippen LogP contribution in [0.15, 0.2) is 18.5 Å². The molecule has 1 rings (SSSR count). The molecule has 0 aliphatic carbocycles. The lowest BCUT2D eigenvalue weighted by Gasteiger charge is -2.03. The second-order valence-corrected chi connectivity index (χ2v) is 3.35. The number of aromatic nitrogens is 1. The second-order valence-electron chi connectivity index (χ2n) is 3.35. The maximum absolute atomic E-state index is 11.2. The average molecular weight is 226 g/mol. The Labute approximate surface area is 92.8 Å². The molecule has 88 valence electrons. The van der Waals surface area contributed by atoms with Crippen LogP contribution in [0.1, 0.15) is 5.56 Å². The van der Waals surface area contributed by atoms with Crippen LogP contribution in [0.4, 0.5) is 0 Å². The van der Waals surface area contributed by atoms with Crippen molar-refractivity contribution < 1.29 is 19.4 Å². The van der Waals surface area contributed by atoms with Crippen LogP contribution in [0.3, 0.4) is 0 Å². The Morgan fingerprint density at radius 3 is 2.81 bits per heavy atom. The van der Waals surface area contributed by atoms with E-state index in [-0.39, 0.29) is 12.5 Å². The number of ether oxygens (including phenoxy) is 1. The van der Waals surface area contributed by atoms with Crippen molar-refractivity contribution in [2.24, 2.45) is 7.05 Å². The molecule has 0 radical (unpaired) electrons. The Kier molecular flexibility index (Phi) is 4.53. The molecule has 2 N–H and O–H groups in total. The molecule has 0 saturated carbocycles. The molecule has 0 saturated heterocycles. The second kappa shape index (κ2) is 5.92. The van der Waals surface area contributed by atoms with Crippen molar-refractivity contribution in [3.8, 4) is 0 Å². The van der Waals surface area contributed by atoms with Crippen LogP contribution in [-0.4, -0.2) is 34.8 Å². The van der Waals surface area contributed by atoms with Crippen LogP contribution in [0, 0.1) is 0 Å². The number of carboxylic acids is 1. The summed E-state index contributed by atoms with van der Waals surface area (Å²) >= 11 is 0. The van der Waals surface area contributed by atoms with Gasteiger partial charge in [-0.3, -0.25) is 4.79 Å². The number of carbonyl (C=O) groups is 2. The SMILES string of the molecule is Cn1ccc(CNC(=O)COCC(=O)O)c1. The zero-order valence-corrected chi connectivity index (χ0v) is 8.97. The summed E-state index contributed by atoms with van der Waals surface area (Å²) < 4.78 is 6.51. The maximum atomic E-state index is 11.2. The number of aryl methyl sites for hydroxylation is 1. The Hall–Kier alpha value is -1.82. The van der Waals surface area contributed by atoms with E-state index >= 15 is 0 Å². The van der Waals surface area contributed by atoms with Gasteiger partial charge >= 0.3 is 5.97 Å². The Balaban J connectivity index is 2.17. The lowest BCUT2D eigenvalue weighted by molar-refractivity contribution is -0.143. The van der Waals surface area contributed by atoms with E-state index in [9.17, 15) is 9.59 Å². The predicted octanol–water partition coefficient (Wildman–Crippen LogP) is -0.258. The Morgan fingerprint density at radius 2 is 2.25 bits per heavy atom. The summed E-state index contributed by atoms with van der Waals surface area (Å²) in [7, 11) is 1.89. The average Bonchev–Trinajstić information content (AvgIpc) is 2.61. The summed E-state index contributed by atoms with van der Waals surface area (Å²) in [6.07, 6.45) is 3.76. The smallest absolute Gasteiger partial charge is 0.329 e. The zero-order chi connectivity index (χ0) is 12.0. The normalized spacial score (nSPS) is 10.1. The van der Waals surface area contributed by atoms with Crippen molar-refractivity contribution in [2.45, 2.75) is 6.54 Å². The van der Waals surface area contributed by atoms with Crippen molar-refractivity contribution in [1.29, 1.82) is 0 Å². The van der Waals surface area contributed by atoms with E-state index in [1.807, 2.05) is 30.1 Å². The number of carboxylic acid groups (broad SMARTS) is 1. The van der Waals surface area contributed by atoms with E-state index in [2.05, 4.69) is 10.1 Å². The molecule has 1 aromatic rings. The van der Waals surface area contributed by atoms with Crippen molar-refractivity contribution >= 4 is 11.9 Å². The van der Waals surface area contributed by atoms with Gasteiger partial charge in [-0.1, -0.05) is 0 Å². The lowest BCUT2D eigenvalue weighted by atomic mass is 10.3. The van der Waals surface area contributed by atoms with E-state index in [1.165, 1.54) is 0 Å². The van der Waals surface area contributed by atoms with E-state index in [0.717, 1.165) is 5.56 Å². The third kappa shape index (κ3) is 4.61. The Morgan fingerprint density at radius 1 is 1.50 bits per heavy atom. The molecule has 1 aromatic heterocycles. The molecule has 0 unspecified atom stereocenters. The molecule has 0 aliphatic rings. The fourth-order valence-electron chi connectivity index (χ4n) is 1.15. The fraction of sp³-hybridized carbons (Fsp3) is 0.400. The molecule has 0 aromatic carbocycles. The highest BCUT2D eigenvalue weighted by molar-refractivity contribution is 5.77. The predicted molar refractivity (Wildman–Crippen MR) is 55.7 cm³/mol. The highest BCUT2D eigenvalue weighted by Crippen LogP contribution is 1.98. The van der Waals surface area contributed by atoms with Crippen molar-refractivity contribution in [3.05, 3.63) is 24.0 Å². The summed E-state index contributed by atoms with van der Waals surface area (Å²) in [6, 6.07) is 1.89. The van der Waals surface area contributed by atoms with Crippen molar-refractivity contribution in [2.75, 3.05) is 13.2 Å². The monoisotopic (exact) mass is 226 g/mol. The molecule has 6 nitrogen and oxygen atoms in total. The molecular weight excluding hydrogens is 212 g/mol. The highest BCUT2D eigenvalue weighted by Gasteiger charge is 2.03. The Bertz CT molecular complexity index is 373. The first-order valence-corrected chi connectivity index (χ1v) is 4.75. The molecule has 0 aliphatic heterocycles. The van der Waals surface area contributed by atoms with Crippen LogP contribution >= 0.6 is 0 Å². The first-order chi connectivity index (χ1) is 7.58. The molecule has 1 heterocycles. The van der Waals surface area contributed by atoms with Gasteiger partial charge in [0.25, 0.3) is 0 Å². The van der Waals surface area contributed by atoms with Gasteiger partial charge in [-0.25, -0.2) is 4.79 Å². The van der Waals surface area contributed by atoms with Crippen LogP contribution in [-0.2, 0) is 27.9 Å². The molecule has 0 atom stereocenters. The number of nitrogens with zero attached hydrogens (tertiary/aromatic N) is 1. The van der Waals surface area contributed by atoms with Gasteiger partial charge in [-0.05, 0) is 11.6 Å². The quantitative estimate of drug-likeness (QED) is 0.700. The van der Waals surface area contributed by atoms with Gasteiger partial charge in [0, 0.05) is 26.0 Å². The number of aliphatic carboxylic acids is 1. The van der Waals surface area contributed by atoms with Gasteiger partial charge in [0.1, 0.15) is 13.2 Å². The number of hydrogen-bond donors (Lipinski definition) is 2. The van der Waals surface area contributed by atoms with E-state index in [4.69, 9.17) is 5.11 Å². The molecule has 6 heteroatoms. The minimum atomic E-state index is -1.09. The van der Waals surface area contributed by atoms with Crippen molar-refractivity contribution in [3.63, 3.8) is 0 Å². The highest BCUT2D eigenvalue weighted by atomic mass is 16.5. The number of rotatable bonds is 6. The van der Waals surface area contributed by atoms with Gasteiger partial charge in [0.15, 0.2) is 0 Å². The first kappa shape index (κ1) is 12.3. The van der Waals surface area contributed by atoms with Gasteiger partial charge in [-0.15, -0.1) is 0 Å². The number of hydrogen-bond acceptors (Lipinski definition) is 3. The zero-order valence-electron chi connectivity index (χ0n) is 8.97. The van der Waals surface area contributed by atoms with E-state index in [0.29, 0.717) is 6.54 Å². The van der Waals surface area contributed by atoms with Crippen LogP contribution in [0.5, 0.6) is 0 Å². The molecule has 16 heavy (non-hydrogen) atoms. The molecule has 0 fully saturated rings. The van der Waals surface area contributed by atoms with Gasteiger partial charge in [-0.2, -0.15) is 0 Å². The minimum Gasteiger partial charge on any atom is -0.480 e. The largest absolute Gasteiger partial charge is 0.480 e. The molecule has 0 spiro atoms. The van der Waals surface area contributed by atoms with Gasteiger partial charge in [0.2, 0.25) is 5.91 Å². The molecule has 1 amide bonds. The lowest BCUT2D eigenvalue weighted by Crippen LogP contribution is -2.28. The standard InChI is InChI=1S/C10H14N2O4/c1-12-3-2-8(5-12)4-11-9(13)6-16-7-10(14)15/h2-3,5H,4,6-7H2,1H3,(H,11,13)(H,14,15). The van der Waals surface area contributed by atoms with Crippen molar-refractivity contribution in [1.82, 2.24) is 9.88 Å². The van der Waals surface area contributed by atoms with Crippen LogP contribution in [0.2, 0.25) is 0 Å². The first-order valence-electron chi connectivity index (χ1n) is 4.75. The topological polar surface area (TPSA) is 80.6 Å². The number of nitrogens with one attached hydrogen (secondary N) is 1. The van der Waals surface area contributed by atoms with Crippen LogP contribution < -0.4 is 5.32 Å². The van der Waals surface area contributed by atoms with Gasteiger partial charge in [0.05, 0.1) is 0 Å². The summed E-state index contributed by atoms with van der Waals surface area (Å²) in [6.45, 7) is -0.284. The molecular formula is C10H14N2O4. The fourth-order valence-corrected chi connectivity index (χ4v) is 1.15.